The Labute approximate surface area is 341 Å². The van der Waals surface area contributed by atoms with Crippen LogP contribution in [0.5, 0.6) is 0 Å². The number of rotatable bonds is 6. The van der Waals surface area contributed by atoms with Gasteiger partial charge in [-0.25, -0.2) is 0 Å². The van der Waals surface area contributed by atoms with E-state index in [0.29, 0.717) is 0 Å². The molecule has 0 aliphatic rings. The summed E-state index contributed by atoms with van der Waals surface area (Å²) in [7, 11) is 0. The van der Waals surface area contributed by atoms with E-state index >= 15 is 0 Å². The molecule has 2 aromatic heterocycles. The Hall–Kier alpha value is -7.88. The number of para-hydroxylation sites is 3. The van der Waals surface area contributed by atoms with Gasteiger partial charge in [-0.2, -0.15) is 0 Å². The topological polar surface area (TPSA) is 21.3 Å². The van der Waals surface area contributed by atoms with Crippen molar-refractivity contribution in [3.8, 4) is 27.9 Å². The Morgan fingerprint density at radius 2 is 0.932 bits per heavy atom. The Balaban J connectivity index is 0.984. The van der Waals surface area contributed by atoms with E-state index in [0.717, 1.165) is 55.8 Å². The van der Waals surface area contributed by atoms with Crippen LogP contribution in [-0.2, 0) is 0 Å². The van der Waals surface area contributed by atoms with E-state index in [2.05, 4.69) is 216 Å². The standard InChI is InChI=1S/C56H36N2O/c1-2-12-42(13-3-1)58-52-18-8-6-16-50(52)56-47(17-10-19-53(56)58)39-25-31-44(32-26-39)57(45-33-27-40-22-21-38-11-4-5-14-46(38)51(40)36-45)43-29-23-37(24-30-43)41-28-34-49-48-15-7-9-20-54(48)59-55(49)35-41/h1-36H. The molecule has 0 saturated carbocycles. The Kier molecular flexibility index (Phi) is 7.54. The molecular formula is C56H36N2O. The quantitative estimate of drug-likeness (QED) is 0.158. The summed E-state index contributed by atoms with van der Waals surface area (Å²) < 4.78 is 8.64. The van der Waals surface area contributed by atoms with Crippen LogP contribution < -0.4 is 4.90 Å². The van der Waals surface area contributed by atoms with Crippen LogP contribution in [0.3, 0.4) is 0 Å². The largest absolute Gasteiger partial charge is 0.456 e. The third kappa shape index (κ3) is 5.44. The van der Waals surface area contributed by atoms with Crippen LogP contribution in [0.15, 0.2) is 223 Å². The van der Waals surface area contributed by atoms with Gasteiger partial charge in [0.2, 0.25) is 0 Å². The molecule has 0 N–H and O–H groups in total. The molecular weight excluding hydrogens is 717 g/mol. The van der Waals surface area contributed by atoms with Gasteiger partial charge in [-0.05, 0) is 123 Å². The van der Waals surface area contributed by atoms with Gasteiger partial charge in [0.15, 0.2) is 0 Å². The normalized spacial score (nSPS) is 11.7. The SMILES string of the molecule is c1ccc(-n2c3ccccc3c3c(-c4ccc(N(c5ccc(-c6ccc7c(c6)oc6ccccc67)cc5)c5ccc6ccc7ccccc7c6c5)cc4)cccc32)cc1. The molecule has 10 aromatic carbocycles. The van der Waals surface area contributed by atoms with E-state index in [9.17, 15) is 0 Å². The number of benzene rings is 10. The molecule has 2 heterocycles. The summed E-state index contributed by atoms with van der Waals surface area (Å²) in [5, 5.41) is 9.73. The first-order valence-electron chi connectivity index (χ1n) is 20.2. The summed E-state index contributed by atoms with van der Waals surface area (Å²) in [6.07, 6.45) is 0. The minimum absolute atomic E-state index is 0.901. The lowest BCUT2D eigenvalue weighted by atomic mass is 9.98. The van der Waals surface area contributed by atoms with Crippen LogP contribution in [0, 0.1) is 0 Å². The van der Waals surface area contributed by atoms with E-state index in [1.165, 1.54) is 54.5 Å². The van der Waals surface area contributed by atoms with Gasteiger partial charge < -0.3 is 13.9 Å². The minimum atomic E-state index is 0.901. The lowest BCUT2D eigenvalue weighted by molar-refractivity contribution is 0.669. The number of aromatic nitrogens is 1. The molecule has 12 rings (SSSR count). The first-order chi connectivity index (χ1) is 29.2. The zero-order chi connectivity index (χ0) is 38.9. The van der Waals surface area contributed by atoms with Gasteiger partial charge in [-0.3, -0.25) is 0 Å². The van der Waals surface area contributed by atoms with Crippen molar-refractivity contribution in [1.82, 2.24) is 4.57 Å². The Morgan fingerprint density at radius 1 is 0.339 bits per heavy atom. The molecule has 3 heteroatoms. The molecule has 0 bridgehead atoms. The van der Waals surface area contributed by atoms with Crippen molar-refractivity contribution in [1.29, 1.82) is 0 Å². The number of hydrogen-bond acceptors (Lipinski definition) is 2. The summed E-state index contributed by atoms with van der Waals surface area (Å²) >= 11 is 0. The highest BCUT2D eigenvalue weighted by Crippen LogP contribution is 2.42. The second-order valence-corrected chi connectivity index (χ2v) is 15.3. The molecule has 0 aliphatic heterocycles. The van der Waals surface area contributed by atoms with Crippen LogP contribution in [-0.4, -0.2) is 4.57 Å². The molecule has 0 amide bonds. The van der Waals surface area contributed by atoms with Crippen molar-refractivity contribution in [3.63, 3.8) is 0 Å². The summed E-state index contributed by atoms with van der Waals surface area (Å²) in [6, 6.07) is 78.8. The van der Waals surface area contributed by atoms with E-state index < -0.39 is 0 Å². The number of hydrogen-bond donors (Lipinski definition) is 0. The first-order valence-corrected chi connectivity index (χ1v) is 20.2. The zero-order valence-corrected chi connectivity index (χ0v) is 32.1. The Bertz CT molecular complexity index is 3540. The molecule has 0 spiro atoms. The van der Waals surface area contributed by atoms with Gasteiger partial charge in [0, 0.05) is 44.3 Å². The molecule has 0 aliphatic carbocycles. The zero-order valence-electron chi connectivity index (χ0n) is 32.1. The van der Waals surface area contributed by atoms with Gasteiger partial charge in [0.1, 0.15) is 11.2 Å². The molecule has 0 unspecified atom stereocenters. The smallest absolute Gasteiger partial charge is 0.136 e. The van der Waals surface area contributed by atoms with Crippen molar-refractivity contribution in [2.45, 2.75) is 0 Å². The third-order valence-corrected chi connectivity index (χ3v) is 12.0. The average Bonchev–Trinajstić information content (AvgIpc) is 3.85. The highest BCUT2D eigenvalue weighted by Gasteiger charge is 2.18. The molecule has 0 atom stereocenters. The van der Waals surface area contributed by atoms with Crippen molar-refractivity contribution in [3.05, 3.63) is 218 Å². The van der Waals surface area contributed by atoms with Crippen LogP contribution >= 0.6 is 0 Å². The van der Waals surface area contributed by atoms with Gasteiger partial charge in [-0.15, -0.1) is 0 Å². The maximum atomic E-state index is 6.26. The predicted octanol–water partition coefficient (Wildman–Crippen LogP) is 15.8. The van der Waals surface area contributed by atoms with E-state index in [-0.39, 0.29) is 0 Å². The molecule has 0 fully saturated rings. The third-order valence-electron chi connectivity index (χ3n) is 12.0. The average molecular weight is 753 g/mol. The molecule has 276 valence electrons. The number of furan rings is 1. The van der Waals surface area contributed by atoms with E-state index in [4.69, 9.17) is 4.42 Å². The summed E-state index contributed by atoms with van der Waals surface area (Å²) in [5.74, 6) is 0. The van der Waals surface area contributed by atoms with Gasteiger partial charge in [0.25, 0.3) is 0 Å². The Morgan fingerprint density at radius 3 is 1.75 bits per heavy atom. The first kappa shape index (κ1) is 33.3. The minimum Gasteiger partial charge on any atom is -0.456 e. The van der Waals surface area contributed by atoms with Gasteiger partial charge in [-0.1, -0.05) is 140 Å². The fraction of sp³-hybridized carbons (Fsp3) is 0. The monoisotopic (exact) mass is 752 g/mol. The predicted molar refractivity (Wildman–Crippen MR) is 249 cm³/mol. The molecule has 3 nitrogen and oxygen atoms in total. The second kappa shape index (κ2) is 13.4. The van der Waals surface area contributed by atoms with Crippen LogP contribution in [0.4, 0.5) is 17.1 Å². The van der Waals surface area contributed by atoms with Crippen LogP contribution in [0.2, 0.25) is 0 Å². The van der Waals surface area contributed by atoms with Crippen molar-refractivity contribution >= 4 is 82.4 Å². The number of anilines is 3. The lowest BCUT2D eigenvalue weighted by Gasteiger charge is -2.26. The van der Waals surface area contributed by atoms with Gasteiger partial charge >= 0.3 is 0 Å². The van der Waals surface area contributed by atoms with Crippen LogP contribution in [0.25, 0.3) is 93.2 Å². The number of nitrogens with zero attached hydrogens (tertiary/aromatic N) is 2. The molecule has 0 radical (unpaired) electrons. The van der Waals surface area contributed by atoms with E-state index in [1.807, 2.05) is 12.1 Å². The van der Waals surface area contributed by atoms with Crippen molar-refractivity contribution in [2.24, 2.45) is 0 Å². The molecule has 0 saturated heterocycles. The van der Waals surface area contributed by atoms with Gasteiger partial charge in [0.05, 0.1) is 11.0 Å². The maximum absolute atomic E-state index is 6.26. The lowest BCUT2D eigenvalue weighted by Crippen LogP contribution is -2.09. The summed E-state index contributed by atoms with van der Waals surface area (Å²) in [4.78, 5) is 2.37. The fourth-order valence-electron chi connectivity index (χ4n) is 9.19. The maximum Gasteiger partial charge on any atom is 0.136 e. The van der Waals surface area contributed by atoms with Crippen LogP contribution in [0.1, 0.15) is 0 Å². The molecule has 59 heavy (non-hydrogen) atoms. The molecule has 12 aromatic rings. The second-order valence-electron chi connectivity index (χ2n) is 15.3. The summed E-state index contributed by atoms with van der Waals surface area (Å²) in [5.41, 5.74) is 13.3. The van der Waals surface area contributed by atoms with Crippen molar-refractivity contribution < 1.29 is 4.42 Å². The van der Waals surface area contributed by atoms with E-state index in [1.54, 1.807) is 0 Å². The highest BCUT2D eigenvalue weighted by atomic mass is 16.3. The number of fused-ring (bicyclic) bond motifs is 9. The fourth-order valence-corrected chi connectivity index (χ4v) is 9.19. The van der Waals surface area contributed by atoms with Crippen molar-refractivity contribution in [2.75, 3.05) is 4.90 Å². The summed E-state index contributed by atoms with van der Waals surface area (Å²) in [6.45, 7) is 0. The highest BCUT2D eigenvalue weighted by molar-refractivity contribution is 6.16.